The van der Waals surface area contributed by atoms with E-state index in [1.165, 1.54) is 0 Å². The van der Waals surface area contributed by atoms with E-state index in [-0.39, 0.29) is 30.8 Å². The van der Waals surface area contributed by atoms with Gasteiger partial charge in [-0.25, -0.2) is 0 Å². The fraction of sp³-hybridized carbons (Fsp3) is 0.375. The highest BCUT2D eigenvalue weighted by Gasteiger charge is 2.24. The number of hydrogen-bond acceptors (Lipinski definition) is 6. The topological polar surface area (TPSA) is 100 Å². The molecule has 2 aromatic carbocycles. The molecule has 3 amide bonds. The SMILES string of the molecule is CCN(CC(=O)Nc1ccc2c(c1)OCCO2)CC(=O)Nc1ccccc1N1CCCC1=O. The summed E-state index contributed by atoms with van der Waals surface area (Å²) >= 11 is 0. The van der Waals surface area contributed by atoms with E-state index in [0.717, 1.165) is 6.42 Å². The van der Waals surface area contributed by atoms with Crippen molar-refractivity contribution in [3.63, 3.8) is 0 Å². The Labute approximate surface area is 192 Å². The van der Waals surface area contributed by atoms with Crippen LogP contribution < -0.4 is 25.0 Å². The van der Waals surface area contributed by atoms with Crippen LogP contribution in [0.2, 0.25) is 0 Å². The van der Waals surface area contributed by atoms with E-state index in [1.54, 1.807) is 34.1 Å². The first kappa shape index (κ1) is 22.6. The van der Waals surface area contributed by atoms with Crippen LogP contribution in [0.4, 0.5) is 17.1 Å². The smallest absolute Gasteiger partial charge is 0.238 e. The van der Waals surface area contributed by atoms with Crippen molar-refractivity contribution >= 4 is 34.8 Å². The minimum Gasteiger partial charge on any atom is -0.486 e. The van der Waals surface area contributed by atoms with Gasteiger partial charge in [0.15, 0.2) is 11.5 Å². The lowest BCUT2D eigenvalue weighted by Crippen LogP contribution is -2.39. The fourth-order valence-electron chi connectivity index (χ4n) is 3.91. The molecule has 4 rings (SSSR count). The minimum atomic E-state index is -0.247. The van der Waals surface area contributed by atoms with Gasteiger partial charge >= 0.3 is 0 Å². The number of para-hydroxylation sites is 2. The predicted octanol–water partition coefficient (Wildman–Crippen LogP) is 2.48. The summed E-state index contributed by atoms with van der Waals surface area (Å²) in [5, 5.41) is 5.73. The van der Waals surface area contributed by atoms with Crippen molar-refractivity contribution in [3.05, 3.63) is 42.5 Å². The molecular formula is C24H28N4O5. The Morgan fingerprint density at radius 2 is 1.73 bits per heavy atom. The van der Waals surface area contributed by atoms with E-state index >= 15 is 0 Å². The molecule has 2 aromatic rings. The van der Waals surface area contributed by atoms with Crippen molar-refractivity contribution in [1.82, 2.24) is 4.90 Å². The van der Waals surface area contributed by atoms with Gasteiger partial charge in [-0.1, -0.05) is 19.1 Å². The van der Waals surface area contributed by atoms with Crippen molar-refractivity contribution in [2.45, 2.75) is 19.8 Å². The predicted molar refractivity (Wildman–Crippen MR) is 125 cm³/mol. The first-order valence-corrected chi connectivity index (χ1v) is 11.1. The summed E-state index contributed by atoms with van der Waals surface area (Å²) in [6, 6.07) is 12.5. The van der Waals surface area contributed by atoms with E-state index in [4.69, 9.17) is 9.47 Å². The number of anilines is 3. The molecule has 1 fully saturated rings. The van der Waals surface area contributed by atoms with Gasteiger partial charge in [0.25, 0.3) is 0 Å². The number of carbonyl (C=O) groups is 3. The molecular weight excluding hydrogens is 424 g/mol. The number of likely N-dealkylation sites (N-methyl/N-ethyl adjacent to an activating group) is 1. The molecule has 9 heteroatoms. The Bertz CT molecular complexity index is 1040. The second-order valence-corrected chi connectivity index (χ2v) is 7.92. The van der Waals surface area contributed by atoms with Gasteiger partial charge in [0.05, 0.1) is 24.5 Å². The lowest BCUT2D eigenvalue weighted by molar-refractivity contribution is -0.120. The summed E-state index contributed by atoms with van der Waals surface area (Å²) in [6.07, 6.45) is 1.33. The molecule has 33 heavy (non-hydrogen) atoms. The van der Waals surface area contributed by atoms with Gasteiger partial charge < -0.3 is 25.0 Å². The van der Waals surface area contributed by atoms with Gasteiger partial charge in [0, 0.05) is 24.7 Å². The van der Waals surface area contributed by atoms with Crippen LogP contribution in [0.25, 0.3) is 0 Å². The molecule has 0 aromatic heterocycles. The summed E-state index contributed by atoms with van der Waals surface area (Å²) < 4.78 is 11.0. The molecule has 0 spiro atoms. The van der Waals surface area contributed by atoms with E-state index in [2.05, 4.69) is 10.6 Å². The van der Waals surface area contributed by atoms with Gasteiger partial charge in [0.1, 0.15) is 13.2 Å². The largest absolute Gasteiger partial charge is 0.486 e. The minimum absolute atomic E-state index is 0.0489. The monoisotopic (exact) mass is 452 g/mol. The molecule has 0 unspecified atom stereocenters. The van der Waals surface area contributed by atoms with Crippen molar-refractivity contribution in [2.24, 2.45) is 0 Å². The second kappa shape index (κ2) is 10.4. The standard InChI is InChI=1S/C24H28N4O5/c1-2-27(15-22(29)25-17-9-10-20-21(14-17)33-13-12-32-20)16-23(30)26-18-6-3-4-7-19(18)28-11-5-8-24(28)31/h3-4,6-7,9-10,14H,2,5,8,11-13,15-16H2,1H3,(H,25,29)(H,26,30). The Hall–Kier alpha value is -3.59. The molecule has 2 aliphatic rings. The Morgan fingerprint density at radius 1 is 1.00 bits per heavy atom. The first-order chi connectivity index (χ1) is 16.0. The van der Waals surface area contributed by atoms with Crippen LogP contribution in [0.3, 0.4) is 0 Å². The second-order valence-electron chi connectivity index (χ2n) is 7.92. The summed E-state index contributed by atoms with van der Waals surface area (Å²) in [7, 11) is 0. The molecule has 174 valence electrons. The van der Waals surface area contributed by atoms with Crippen LogP contribution in [0.1, 0.15) is 19.8 Å². The molecule has 9 nitrogen and oxygen atoms in total. The van der Waals surface area contributed by atoms with Gasteiger partial charge in [-0.3, -0.25) is 19.3 Å². The van der Waals surface area contributed by atoms with Gasteiger partial charge in [-0.2, -0.15) is 0 Å². The van der Waals surface area contributed by atoms with Crippen molar-refractivity contribution in [1.29, 1.82) is 0 Å². The highest BCUT2D eigenvalue weighted by atomic mass is 16.6. The van der Waals surface area contributed by atoms with Crippen LogP contribution >= 0.6 is 0 Å². The van der Waals surface area contributed by atoms with Gasteiger partial charge in [0.2, 0.25) is 17.7 Å². The number of rotatable bonds is 8. The maximum atomic E-state index is 12.7. The lowest BCUT2D eigenvalue weighted by atomic mass is 10.2. The number of nitrogens with zero attached hydrogens (tertiary/aromatic N) is 2. The number of hydrogen-bond donors (Lipinski definition) is 2. The highest BCUT2D eigenvalue weighted by molar-refractivity contribution is 6.02. The summed E-state index contributed by atoms with van der Waals surface area (Å²) in [6.45, 7) is 4.14. The number of nitrogens with one attached hydrogen (secondary N) is 2. The molecule has 2 aliphatic heterocycles. The zero-order valence-electron chi connectivity index (χ0n) is 18.6. The average Bonchev–Trinajstić information content (AvgIpc) is 3.24. The summed E-state index contributed by atoms with van der Waals surface area (Å²) in [4.78, 5) is 40.8. The van der Waals surface area contributed by atoms with Crippen LogP contribution in [-0.2, 0) is 14.4 Å². The molecule has 0 radical (unpaired) electrons. The van der Waals surface area contributed by atoms with Crippen molar-refractivity contribution < 1.29 is 23.9 Å². The molecule has 2 N–H and O–H groups in total. The van der Waals surface area contributed by atoms with E-state index < -0.39 is 0 Å². The van der Waals surface area contributed by atoms with Crippen molar-refractivity contribution in [3.8, 4) is 11.5 Å². The Balaban J connectivity index is 1.33. The summed E-state index contributed by atoms with van der Waals surface area (Å²) in [5.74, 6) is 0.832. The normalized spacial score (nSPS) is 15.0. The Morgan fingerprint density at radius 3 is 2.45 bits per heavy atom. The fourth-order valence-corrected chi connectivity index (χ4v) is 3.91. The maximum absolute atomic E-state index is 12.7. The van der Waals surface area contributed by atoms with Crippen LogP contribution in [0.5, 0.6) is 11.5 Å². The van der Waals surface area contributed by atoms with Crippen LogP contribution in [-0.4, -0.2) is 62.0 Å². The molecule has 2 heterocycles. The highest BCUT2D eigenvalue weighted by Crippen LogP contribution is 2.32. The molecule has 0 atom stereocenters. The number of amides is 3. The number of carbonyl (C=O) groups excluding carboxylic acids is 3. The van der Waals surface area contributed by atoms with Crippen LogP contribution in [0, 0.1) is 0 Å². The third-order valence-corrected chi connectivity index (χ3v) is 5.55. The van der Waals surface area contributed by atoms with Crippen LogP contribution in [0.15, 0.2) is 42.5 Å². The number of fused-ring (bicyclic) bond motifs is 1. The number of benzene rings is 2. The third-order valence-electron chi connectivity index (χ3n) is 5.55. The first-order valence-electron chi connectivity index (χ1n) is 11.1. The molecule has 0 bridgehead atoms. The third kappa shape index (κ3) is 5.61. The molecule has 1 saturated heterocycles. The quantitative estimate of drug-likeness (QED) is 0.638. The van der Waals surface area contributed by atoms with Crippen molar-refractivity contribution in [2.75, 3.05) is 54.9 Å². The number of ether oxygens (including phenoxy) is 2. The van der Waals surface area contributed by atoms with E-state index in [1.807, 2.05) is 25.1 Å². The van der Waals surface area contributed by atoms with E-state index in [0.29, 0.717) is 61.3 Å². The zero-order chi connectivity index (χ0) is 23.2. The molecule has 0 saturated carbocycles. The Kier molecular flexibility index (Phi) is 7.09. The maximum Gasteiger partial charge on any atom is 0.238 e. The molecule has 0 aliphatic carbocycles. The zero-order valence-corrected chi connectivity index (χ0v) is 18.6. The average molecular weight is 453 g/mol. The summed E-state index contributed by atoms with van der Waals surface area (Å²) in [5.41, 5.74) is 1.90. The van der Waals surface area contributed by atoms with Gasteiger partial charge in [-0.05, 0) is 37.2 Å². The lowest BCUT2D eigenvalue weighted by Gasteiger charge is -2.22. The van der Waals surface area contributed by atoms with E-state index in [9.17, 15) is 14.4 Å². The van der Waals surface area contributed by atoms with Gasteiger partial charge in [-0.15, -0.1) is 0 Å².